The van der Waals surface area contributed by atoms with Crippen LogP contribution in [0.1, 0.15) is 41.6 Å². The van der Waals surface area contributed by atoms with Gasteiger partial charge < -0.3 is 5.32 Å². The molecule has 1 aromatic carbocycles. The number of sulfonamides is 1. The largest absolute Gasteiger partial charge is 0.349 e. The zero-order chi connectivity index (χ0) is 16.8. The number of carbonyl (C=O) groups is 1. The molecule has 0 aliphatic heterocycles. The van der Waals surface area contributed by atoms with Gasteiger partial charge >= 0.3 is 0 Å². The first-order valence-electron chi connectivity index (χ1n) is 8.11. The van der Waals surface area contributed by atoms with Gasteiger partial charge in [-0.3, -0.25) is 9.10 Å². The average Bonchev–Trinajstić information content (AvgIpc) is 3.08. The fraction of sp³-hybridized carbons (Fsp3) is 0.588. The molecule has 2 saturated carbocycles. The number of benzene rings is 1. The summed E-state index contributed by atoms with van der Waals surface area (Å²) in [6.45, 7) is 1.84. The van der Waals surface area contributed by atoms with Crippen LogP contribution in [0.15, 0.2) is 18.2 Å². The zero-order valence-electron chi connectivity index (χ0n) is 13.9. The van der Waals surface area contributed by atoms with Gasteiger partial charge in [0, 0.05) is 18.7 Å². The maximum Gasteiger partial charge on any atom is 0.251 e. The Bertz CT molecular complexity index is 729. The number of nitrogens with one attached hydrogen (secondary N) is 1. The summed E-state index contributed by atoms with van der Waals surface area (Å²) in [7, 11) is -1.84. The van der Waals surface area contributed by atoms with E-state index >= 15 is 0 Å². The minimum atomic E-state index is -3.35. The van der Waals surface area contributed by atoms with E-state index in [4.69, 9.17) is 0 Å². The lowest BCUT2D eigenvalue weighted by Crippen LogP contribution is -2.38. The molecule has 0 saturated heterocycles. The van der Waals surface area contributed by atoms with E-state index < -0.39 is 10.0 Å². The lowest BCUT2D eigenvalue weighted by molar-refractivity contribution is 0.0923. The molecule has 3 atom stereocenters. The van der Waals surface area contributed by atoms with Gasteiger partial charge in [-0.15, -0.1) is 0 Å². The smallest absolute Gasteiger partial charge is 0.251 e. The molecule has 0 unspecified atom stereocenters. The summed E-state index contributed by atoms with van der Waals surface area (Å²) in [4.78, 5) is 12.5. The molecule has 6 heteroatoms. The van der Waals surface area contributed by atoms with Gasteiger partial charge in [0.2, 0.25) is 10.0 Å². The van der Waals surface area contributed by atoms with Crippen LogP contribution in [0, 0.1) is 18.8 Å². The van der Waals surface area contributed by atoms with Crippen molar-refractivity contribution in [2.75, 3.05) is 17.6 Å². The highest BCUT2D eigenvalue weighted by molar-refractivity contribution is 7.92. The van der Waals surface area contributed by atoms with Crippen LogP contribution in [-0.4, -0.2) is 33.7 Å². The normalized spacial score (nSPS) is 26.3. The molecule has 2 aliphatic carbocycles. The predicted octanol–water partition coefficient (Wildman–Crippen LogP) is 2.31. The van der Waals surface area contributed by atoms with E-state index in [0.717, 1.165) is 24.2 Å². The first-order valence-corrected chi connectivity index (χ1v) is 9.96. The van der Waals surface area contributed by atoms with Gasteiger partial charge in [-0.25, -0.2) is 8.42 Å². The summed E-state index contributed by atoms with van der Waals surface area (Å²) in [6, 6.07) is 5.50. The Morgan fingerprint density at radius 2 is 2.00 bits per heavy atom. The van der Waals surface area contributed by atoms with Crippen LogP contribution in [0.5, 0.6) is 0 Å². The molecule has 126 valence electrons. The van der Waals surface area contributed by atoms with Crippen molar-refractivity contribution in [3.8, 4) is 0 Å². The van der Waals surface area contributed by atoms with Crippen molar-refractivity contribution in [1.82, 2.24) is 5.32 Å². The van der Waals surface area contributed by atoms with Gasteiger partial charge in [0.25, 0.3) is 5.91 Å². The van der Waals surface area contributed by atoms with Gasteiger partial charge in [0.15, 0.2) is 0 Å². The minimum absolute atomic E-state index is 0.106. The monoisotopic (exact) mass is 336 g/mol. The number of anilines is 1. The van der Waals surface area contributed by atoms with Crippen molar-refractivity contribution in [1.29, 1.82) is 0 Å². The molecular formula is C17H24N2O3S. The molecule has 2 fully saturated rings. The van der Waals surface area contributed by atoms with Crippen LogP contribution in [-0.2, 0) is 10.0 Å². The first kappa shape index (κ1) is 16.3. The van der Waals surface area contributed by atoms with Crippen molar-refractivity contribution in [3.63, 3.8) is 0 Å². The standard InChI is InChI=1S/C17H24N2O3S/c1-11-4-6-14(10-16(11)19(2)23(3,21)22)17(20)18-15-9-12-5-7-13(15)8-12/h4,6,10,12-13,15H,5,7-9H2,1-3H3,(H,18,20)/t12-,13-,15+/m0/s1. The summed E-state index contributed by atoms with van der Waals surface area (Å²) in [6.07, 6.45) is 5.99. The summed E-state index contributed by atoms with van der Waals surface area (Å²) in [5.41, 5.74) is 1.89. The molecule has 2 bridgehead atoms. The van der Waals surface area contributed by atoms with Crippen molar-refractivity contribution in [2.45, 2.75) is 38.6 Å². The van der Waals surface area contributed by atoms with Crippen molar-refractivity contribution < 1.29 is 13.2 Å². The van der Waals surface area contributed by atoms with Crippen molar-refractivity contribution >= 4 is 21.6 Å². The van der Waals surface area contributed by atoms with Gasteiger partial charge in [-0.2, -0.15) is 0 Å². The third kappa shape index (κ3) is 3.22. The molecular weight excluding hydrogens is 312 g/mol. The molecule has 2 aliphatic rings. The lowest BCUT2D eigenvalue weighted by Gasteiger charge is -2.24. The third-order valence-corrected chi connectivity index (χ3v) is 6.55. The van der Waals surface area contributed by atoms with Crippen LogP contribution in [0.3, 0.4) is 0 Å². The summed E-state index contributed by atoms with van der Waals surface area (Å²) >= 11 is 0. The number of nitrogens with zero attached hydrogens (tertiary/aromatic N) is 1. The maximum absolute atomic E-state index is 12.5. The molecule has 5 nitrogen and oxygen atoms in total. The second-order valence-corrected chi connectivity index (χ2v) is 9.00. The second kappa shape index (κ2) is 5.82. The Kier molecular flexibility index (Phi) is 4.12. The highest BCUT2D eigenvalue weighted by Gasteiger charge is 2.40. The van der Waals surface area contributed by atoms with Crippen molar-refractivity contribution in [2.24, 2.45) is 11.8 Å². The van der Waals surface area contributed by atoms with Crippen LogP contribution in [0.25, 0.3) is 0 Å². The molecule has 1 N–H and O–H groups in total. The number of rotatable bonds is 4. The third-order valence-electron chi connectivity index (χ3n) is 5.36. The van der Waals surface area contributed by atoms with Gasteiger partial charge in [-0.1, -0.05) is 12.5 Å². The summed E-state index contributed by atoms with van der Waals surface area (Å²) < 4.78 is 24.7. The Labute approximate surface area is 138 Å². The van der Waals surface area contributed by atoms with E-state index in [-0.39, 0.29) is 11.9 Å². The number of amides is 1. The van der Waals surface area contributed by atoms with Crippen molar-refractivity contribution in [3.05, 3.63) is 29.3 Å². The van der Waals surface area contributed by atoms with E-state index in [2.05, 4.69) is 5.32 Å². The molecule has 0 heterocycles. The minimum Gasteiger partial charge on any atom is -0.349 e. The van der Waals surface area contributed by atoms with Gasteiger partial charge in [-0.05, 0) is 55.7 Å². The van der Waals surface area contributed by atoms with Crippen LogP contribution < -0.4 is 9.62 Å². The molecule has 1 amide bonds. The quantitative estimate of drug-likeness (QED) is 0.917. The number of fused-ring (bicyclic) bond motifs is 2. The maximum atomic E-state index is 12.5. The number of aryl methyl sites for hydroxylation is 1. The fourth-order valence-corrected chi connectivity index (χ4v) is 4.50. The van der Waals surface area contributed by atoms with Crippen LogP contribution in [0.2, 0.25) is 0 Å². The predicted molar refractivity (Wildman–Crippen MR) is 91.1 cm³/mol. The van der Waals surface area contributed by atoms with Crippen LogP contribution >= 0.6 is 0 Å². The number of hydrogen-bond acceptors (Lipinski definition) is 3. The lowest BCUT2D eigenvalue weighted by atomic mass is 9.95. The van der Waals surface area contributed by atoms with Gasteiger partial charge in [0.1, 0.15) is 0 Å². The molecule has 0 aromatic heterocycles. The second-order valence-electron chi connectivity index (χ2n) is 6.99. The summed E-state index contributed by atoms with van der Waals surface area (Å²) in [5, 5.41) is 3.14. The van der Waals surface area contributed by atoms with Gasteiger partial charge in [0.05, 0.1) is 11.9 Å². The highest BCUT2D eigenvalue weighted by Crippen LogP contribution is 2.44. The highest BCUT2D eigenvalue weighted by atomic mass is 32.2. The fourth-order valence-electron chi connectivity index (χ4n) is 3.94. The zero-order valence-corrected chi connectivity index (χ0v) is 14.7. The molecule has 3 rings (SSSR count). The summed E-state index contributed by atoms with van der Waals surface area (Å²) in [5.74, 6) is 1.29. The SMILES string of the molecule is Cc1ccc(C(=O)N[C@@H]2C[C@H]3CC[C@H]2C3)cc1N(C)S(C)(=O)=O. The van der Waals surface area contributed by atoms with E-state index in [9.17, 15) is 13.2 Å². The first-order chi connectivity index (χ1) is 10.8. The molecule has 0 radical (unpaired) electrons. The Morgan fingerprint density at radius 3 is 2.57 bits per heavy atom. The Morgan fingerprint density at radius 1 is 1.26 bits per heavy atom. The van der Waals surface area contributed by atoms with E-state index in [1.807, 2.05) is 6.92 Å². The van der Waals surface area contributed by atoms with E-state index in [0.29, 0.717) is 17.2 Å². The van der Waals surface area contributed by atoms with Crippen LogP contribution in [0.4, 0.5) is 5.69 Å². The number of hydrogen-bond donors (Lipinski definition) is 1. The Hall–Kier alpha value is -1.56. The molecule has 23 heavy (non-hydrogen) atoms. The Balaban J connectivity index is 1.79. The molecule has 0 spiro atoms. The topological polar surface area (TPSA) is 66.5 Å². The molecule has 1 aromatic rings. The van der Waals surface area contributed by atoms with E-state index in [1.54, 1.807) is 18.2 Å². The number of carbonyl (C=O) groups excluding carboxylic acids is 1. The average molecular weight is 336 g/mol. The van der Waals surface area contributed by atoms with E-state index in [1.165, 1.54) is 30.6 Å².